The molecule has 18 heavy (non-hydrogen) atoms. The van der Waals surface area contributed by atoms with E-state index in [1.807, 2.05) is 0 Å². The van der Waals surface area contributed by atoms with E-state index in [4.69, 9.17) is 11.6 Å². The first kappa shape index (κ1) is 13.0. The summed E-state index contributed by atoms with van der Waals surface area (Å²) in [6.07, 6.45) is 9.35. The molecule has 0 aliphatic heterocycles. The number of rotatable bonds is 5. The number of aryl methyl sites for hydroxylation is 1. The van der Waals surface area contributed by atoms with Crippen LogP contribution in [0.1, 0.15) is 61.9 Å². The standard InChI is InChI=1S/C15H22ClNS/c1-2-11(8-10-6-7-10)17-13-4-3-5-14-12(13)9-15(16)18-14/h9-11,13,17H,2-8H2,1H3. The molecule has 2 atom stereocenters. The molecule has 1 fully saturated rings. The average molecular weight is 284 g/mol. The highest BCUT2D eigenvalue weighted by Crippen LogP contribution is 2.39. The highest BCUT2D eigenvalue weighted by atomic mass is 35.5. The monoisotopic (exact) mass is 283 g/mol. The van der Waals surface area contributed by atoms with Crippen LogP contribution in [0.3, 0.4) is 0 Å². The Bertz CT molecular complexity index is 411. The summed E-state index contributed by atoms with van der Waals surface area (Å²) >= 11 is 7.95. The fourth-order valence-corrected chi connectivity index (χ4v) is 4.47. The first-order chi connectivity index (χ1) is 8.76. The van der Waals surface area contributed by atoms with Crippen molar-refractivity contribution in [2.24, 2.45) is 5.92 Å². The van der Waals surface area contributed by atoms with Gasteiger partial charge in [0.25, 0.3) is 0 Å². The SMILES string of the molecule is CCC(CC1CC1)NC1CCCc2sc(Cl)cc21. The highest BCUT2D eigenvalue weighted by molar-refractivity contribution is 7.16. The zero-order chi connectivity index (χ0) is 12.5. The molecule has 2 aliphatic rings. The summed E-state index contributed by atoms with van der Waals surface area (Å²) in [7, 11) is 0. The Morgan fingerprint density at radius 3 is 3.00 bits per heavy atom. The molecule has 1 heterocycles. The van der Waals surface area contributed by atoms with Crippen LogP contribution in [0.4, 0.5) is 0 Å². The molecule has 1 nitrogen and oxygen atoms in total. The largest absolute Gasteiger partial charge is 0.307 e. The van der Waals surface area contributed by atoms with Gasteiger partial charge < -0.3 is 5.32 Å². The summed E-state index contributed by atoms with van der Waals surface area (Å²) in [5.74, 6) is 1.01. The van der Waals surface area contributed by atoms with Crippen LogP contribution in [0.5, 0.6) is 0 Å². The minimum Gasteiger partial charge on any atom is -0.307 e. The smallest absolute Gasteiger partial charge is 0.0934 e. The third-order valence-electron chi connectivity index (χ3n) is 4.33. The second kappa shape index (κ2) is 5.52. The number of halogens is 1. The molecule has 1 N–H and O–H groups in total. The molecule has 0 saturated heterocycles. The van der Waals surface area contributed by atoms with Gasteiger partial charge in [0.1, 0.15) is 0 Å². The van der Waals surface area contributed by atoms with E-state index in [9.17, 15) is 0 Å². The molecule has 0 bridgehead atoms. The number of nitrogens with one attached hydrogen (secondary N) is 1. The van der Waals surface area contributed by atoms with Gasteiger partial charge >= 0.3 is 0 Å². The number of hydrogen-bond donors (Lipinski definition) is 1. The second-order valence-electron chi connectivity index (χ2n) is 5.82. The molecule has 1 aromatic rings. The molecule has 1 saturated carbocycles. The van der Waals surface area contributed by atoms with Crippen LogP contribution in [0.2, 0.25) is 4.34 Å². The predicted molar refractivity (Wildman–Crippen MR) is 79.6 cm³/mol. The van der Waals surface area contributed by atoms with Crippen molar-refractivity contribution in [1.29, 1.82) is 0 Å². The molecule has 3 heteroatoms. The lowest BCUT2D eigenvalue weighted by molar-refractivity contribution is 0.363. The second-order valence-corrected chi connectivity index (χ2v) is 7.59. The van der Waals surface area contributed by atoms with Crippen molar-refractivity contribution in [2.75, 3.05) is 0 Å². The molecule has 3 rings (SSSR count). The molecule has 0 radical (unpaired) electrons. The molecule has 1 aromatic heterocycles. The molecule has 2 aliphatic carbocycles. The fraction of sp³-hybridized carbons (Fsp3) is 0.733. The van der Waals surface area contributed by atoms with Crippen LogP contribution in [-0.4, -0.2) is 6.04 Å². The van der Waals surface area contributed by atoms with Gasteiger partial charge in [0.2, 0.25) is 0 Å². The molecule has 0 aromatic carbocycles. The molecular weight excluding hydrogens is 262 g/mol. The van der Waals surface area contributed by atoms with E-state index in [1.165, 1.54) is 55.4 Å². The van der Waals surface area contributed by atoms with Crippen molar-refractivity contribution in [3.8, 4) is 0 Å². The summed E-state index contributed by atoms with van der Waals surface area (Å²) in [5.41, 5.74) is 1.49. The van der Waals surface area contributed by atoms with Gasteiger partial charge in [-0.05, 0) is 49.7 Å². The summed E-state index contributed by atoms with van der Waals surface area (Å²) < 4.78 is 0.962. The summed E-state index contributed by atoms with van der Waals surface area (Å²) in [6, 6.07) is 3.45. The quantitative estimate of drug-likeness (QED) is 0.806. The van der Waals surface area contributed by atoms with Crippen LogP contribution in [0, 0.1) is 5.92 Å². The summed E-state index contributed by atoms with van der Waals surface area (Å²) in [6.45, 7) is 2.31. The molecule has 2 unspecified atom stereocenters. The Labute approximate surface area is 119 Å². The zero-order valence-electron chi connectivity index (χ0n) is 11.0. The van der Waals surface area contributed by atoms with E-state index < -0.39 is 0 Å². The Balaban J connectivity index is 1.68. The topological polar surface area (TPSA) is 12.0 Å². The lowest BCUT2D eigenvalue weighted by Crippen LogP contribution is -2.34. The Hall–Kier alpha value is -0.0500. The minimum atomic E-state index is 0.557. The lowest BCUT2D eigenvalue weighted by Gasteiger charge is -2.28. The van der Waals surface area contributed by atoms with E-state index in [0.717, 1.165) is 10.3 Å². The lowest BCUT2D eigenvalue weighted by atomic mass is 9.92. The Morgan fingerprint density at radius 2 is 2.28 bits per heavy atom. The van der Waals surface area contributed by atoms with Gasteiger partial charge in [-0.1, -0.05) is 31.4 Å². The predicted octanol–water partition coefficient (Wildman–Crippen LogP) is 4.95. The van der Waals surface area contributed by atoms with E-state index >= 15 is 0 Å². The van der Waals surface area contributed by atoms with E-state index in [0.29, 0.717) is 12.1 Å². The van der Waals surface area contributed by atoms with Crippen molar-refractivity contribution < 1.29 is 0 Å². The van der Waals surface area contributed by atoms with Gasteiger partial charge in [-0.2, -0.15) is 0 Å². The number of fused-ring (bicyclic) bond motifs is 1. The van der Waals surface area contributed by atoms with Gasteiger partial charge in [-0.15, -0.1) is 11.3 Å². The number of thiophene rings is 1. The van der Waals surface area contributed by atoms with Crippen LogP contribution in [0.25, 0.3) is 0 Å². The van der Waals surface area contributed by atoms with Crippen LogP contribution in [0.15, 0.2) is 6.07 Å². The van der Waals surface area contributed by atoms with Crippen LogP contribution < -0.4 is 5.32 Å². The van der Waals surface area contributed by atoms with E-state index in [-0.39, 0.29) is 0 Å². The Morgan fingerprint density at radius 1 is 1.44 bits per heavy atom. The third kappa shape index (κ3) is 2.92. The molecule has 100 valence electrons. The first-order valence-electron chi connectivity index (χ1n) is 7.30. The minimum absolute atomic E-state index is 0.557. The maximum absolute atomic E-state index is 6.17. The van der Waals surface area contributed by atoms with Crippen LogP contribution >= 0.6 is 22.9 Å². The summed E-state index contributed by atoms with van der Waals surface area (Å²) in [5, 5.41) is 3.89. The highest BCUT2D eigenvalue weighted by Gasteiger charge is 2.28. The van der Waals surface area contributed by atoms with Crippen molar-refractivity contribution in [3.05, 3.63) is 20.8 Å². The van der Waals surface area contributed by atoms with Gasteiger partial charge in [0.15, 0.2) is 0 Å². The average Bonchev–Trinajstić information content (AvgIpc) is 3.08. The maximum Gasteiger partial charge on any atom is 0.0934 e. The third-order valence-corrected chi connectivity index (χ3v) is 5.67. The maximum atomic E-state index is 6.17. The molecular formula is C15H22ClNS. The molecule has 0 amide bonds. The summed E-state index contributed by atoms with van der Waals surface area (Å²) in [4.78, 5) is 1.52. The van der Waals surface area contributed by atoms with E-state index in [1.54, 1.807) is 11.3 Å². The van der Waals surface area contributed by atoms with Crippen molar-refractivity contribution in [1.82, 2.24) is 5.32 Å². The van der Waals surface area contributed by atoms with Gasteiger partial charge in [-0.3, -0.25) is 0 Å². The number of hydrogen-bond acceptors (Lipinski definition) is 2. The van der Waals surface area contributed by atoms with Crippen molar-refractivity contribution in [3.63, 3.8) is 0 Å². The van der Waals surface area contributed by atoms with Crippen molar-refractivity contribution >= 4 is 22.9 Å². The zero-order valence-corrected chi connectivity index (χ0v) is 12.6. The van der Waals surface area contributed by atoms with Gasteiger partial charge in [-0.25, -0.2) is 0 Å². The first-order valence-corrected chi connectivity index (χ1v) is 8.50. The van der Waals surface area contributed by atoms with Gasteiger partial charge in [0, 0.05) is 17.0 Å². The van der Waals surface area contributed by atoms with Gasteiger partial charge in [0.05, 0.1) is 4.34 Å². The van der Waals surface area contributed by atoms with E-state index in [2.05, 4.69) is 18.3 Å². The normalized spacial score (nSPS) is 24.9. The Kier molecular flexibility index (Phi) is 3.97. The molecule has 0 spiro atoms. The fourth-order valence-electron chi connectivity index (χ4n) is 3.09. The van der Waals surface area contributed by atoms with Crippen molar-refractivity contribution in [2.45, 2.75) is 64.0 Å². The van der Waals surface area contributed by atoms with Crippen LogP contribution in [-0.2, 0) is 6.42 Å².